The van der Waals surface area contributed by atoms with Gasteiger partial charge in [0.15, 0.2) is 0 Å². The lowest BCUT2D eigenvalue weighted by atomic mass is 9.96. The lowest BCUT2D eigenvalue weighted by molar-refractivity contribution is -0.121. The molecule has 0 saturated carbocycles. The number of nitrogens with one attached hydrogen (secondary N) is 1. The molecule has 90 valence electrons. The molecule has 0 unspecified atom stereocenters. The normalized spacial score (nSPS) is 17.6. The molecule has 0 aromatic carbocycles. The van der Waals surface area contributed by atoms with Crippen molar-refractivity contribution in [3.8, 4) is 12.3 Å². The smallest absolute Gasteiger partial charge is 0.228 e. The van der Waals surface area contributed by atoms with Gasteiger partial charge in [0.25, 0.3) is 0 Å². The summed E-state index contributed by atoms with van der Waals surface area (Å²) in [5.74, 6) is 2.77. The van der Waals surface area contributed by atoms with E-state index in [1.165, 1.54) is 11.5 Å². The molecule has 1 aromatic rings. The quantitative estimate of drug-likeness (QED) is 0.807. The zero-order chi connectivity index (χ0) is 12.1. The zero-order valence-corrected chi connectivity index (χ0v) is 10.2. The Balaban J connectivity index is 1.80. The molecule has 5 nitrogen and oxygen atoms in total. The van der Waals surface area contributed by atoms with Crippen LogP contribution in [0.15, 0.2) is 6.20 Å². The summed E-state index contributed by atoms with van der Waals surface area (Å²) in [5, 5.41) is 7.22. The fraction of sp³-hybridized carbons (Fsp3) is 0.545. The Bertz CT molecular complexity index is 404. The third kappa shape index (κ3) is 3.25. The van der Waals surface area contributed by atoms with Crippen molar-refractivity contribution < 1.29 is 4.79 Å². The van der Waals surface area contributed by atoms with Crippen molar-refractivity contribution in [1.29, 1.82) is 0 Å². The fourth-order valence-electron chi connectivity index (χ4n) is 1.93. The van der Waals surface area contributed by atoms with Crippen LogP contribution in [-0.4, -0.2) is 40.0 Å². The van der Waals surface area contributed by atoms with Crippen LogP contribution in [-0.2, 0) is 4.79 Å². The number of rotatable bonds is 3. The fourth-order valence-corrected chi connectivity index (χ4v) is 2.35. The lowest BCUT2D eigenvalue weighted by Gasteiger charge is -2.29. The molecule has 1 saturated heterocycles. The highest BCUT2D eigenvalue weighted by Gasteiger charge is 2.24. The SMILES string of the molecule is C#CCN1CCC(C(=O)Nc2cnns2)CC1. The summed E-state index contributed by atoms with van der Waals surface area (Å²) in [7, 11) is 0. The third-order valence-electron chi connectivity index (χ3n) is 2.88. The van der Waals surface area contributed by atoms with E-state index >= 15 is 0 Å². The first-order chi connectivity index (χ1) is 8.29. The molecule has 1 aliphatic heterocycles. The van der Waals surface area contributed by atoms with Crippen molar-refractivity contribution in [2.75, 3.05) is 25.0 Å². The van der Waals surface area contributed by atoms with Crippen molar-refractivity contribution in [3.05, 3.63) is 6.20 Å². The Hall–Kier alpha value is -1.45. The van der Waals surface area contributed by atoms with E-state index < -0.39 is 0 Å². The summed E-state index contributed by atoms with van der Waals surface area (Å²) in [6, 6.07) is 0. The van der Waals surface area contributed by atoms with E-state index in [9.17, 15) is 4.79 Å². The number of nitrogens with zero attached hydrogens (tertiary/aromatic N) is 3. The van der Waals surface area contributed by atoms with Gasteiger partial charge in [0.2, 0.25) is 5.91 Å². The van der Waals surface area contributed by atoms with Gasteiger partial charge >= 0.3 is 0 Å². The van der Waals surface area contributed by atoms with Gasteiger partial charge in [-0.2, -0.15) is 0 Å². The number of anilines is 1. The van der Waals surface area contributed by atoms with Crippen molar-refractivity contribution >= 4 is 22.4 Å². The molecule has 1 aromatic heterocycles. The number of hydrogen-bond acceptors (Lipinski definition) is 5. The lowest BCUT2D eigenvalue weighted by Crippen LogP contribution is -2.38. The molecule has 0 radical (unpaired) electrons. The van der Waals surface area contributed by atoms with Gasteiger partial charge in [-0.1, -0.05) is 10.4 Å². The number of piperidine rings is 1. The van der Waals surface area contributed by atoms with Gasteiger partial charge < -0.3 is 5.32 Å². The first-order valence-corrected chi connectivity index (χ1v) is 6.31. The average Bonchev–Trinajstić information content (AvgIpc) is 2.83. The van der Waals surface area contributed by atoms with Crippen molar-refractivity contribution in [2.24, 2.45) is 5.92 Å². The number of carbonyl (C=O) groups excluding carboxylic acids is 1. The maximum Gasteiger partial charge on any atom is 0.228 e. The molecule has 6 heteroatoms. The maximum atomic E-state index is 11.9. The van der Waals surface area contributed by atoms with Gasteiger partial charge in [-0.3, -0.25) is 9.69 Å². The van der Waals surface area contributed by atoms with E-state index in [4.69, 9.17) is 6.42 Å². The Morgan fingerprint density at radius 2 is 2.41 bits per heavy atom. The van der Waals surface area contributed by atoms with E-state index in [0.717, 1.165) is 25.9 Å². The second-order valence-corrected chi connectivity index (χ2v) is 4.81. The summed E-state index contributed by atoms with van der Waals surface area (Å²) in [6.07, 6.45) is 8.55. The summed E-state index contributed by atoms with van der Waals surface area (Å²) in [4.78, 5) is 14.1. The number of hydrogen-bond donors (Lipinski definition) is 1. The van der Waals surface area contributed by atoms with Crippen LogP contribution in [0.5, 0.6) is 0 Å². The van der Waals surface area contributed by atoms with E-state index in [1.54, 1.807) is 6.20 Å². The molecule has 17 heavy (non-hydrogen) atoms. The van der Waals surface area contributed by atoms with Crippen LogP contribution in [0, 0.1) is 18.3 Å². The van der Waals surface area contributed by atoms with Crippen LogP contribution in [0.4, 0.5) is 5.00 Å². The second-order valence-electron chi connectivity index (χ2n) is 4.03. The molecule has 0 bridgehead atoms. The minimum atomic E-state index is 0.0661. The van der Waals surface area contributed by atoms with Crippen LogP contribution in [0.2, 0.25) is 0 Å². The standard InChI is InChI=1S/C11H14N4OS/c1-2-5-15-6-3-9(4-7-15)11(16)13-10-8-12-14-17-10/h1,8-9H,3-7H2,(H,13,16). The minimum Gasteiger partial charge on any atom is -0.315 e. The van der Waals surface area contributed by atoms with Gasteiger partial charge in [-0.25, -0.2) is 0 Å². The van der Waals surface area contributed by atoms with Crippen LogP contribution >= 0.6 is 11.5 Å². The summed E-state index contributed by atoms with van der Waals surface area (Å²) in [6.45, 7) is 2.46. The summed E-state index contributed by atoms with van der Waals surface area (Å²) < 4.78 is 3.70. The summed E-state index contributed by atoms with van der Waals surface area (Å²) >= 11 is 1.19. The molecule has 1 fully saturated rings. The predicted molar refractivity (Wildman–Crippen MR) is 66.5 cm³/mol. The van der Waals surface area contributed by atoms with Gasteiger partial charge in [0, 0.05) is 17.5 Å². The zero-order valence-electron chi connectivity index (χ0n) is 9.43. The number of likely N-dealkylation sites (tertiary alicyclic amines) is 1. The number of amides is 1. The molecule has 0 spiro atoms. The first-order valence-electron chi connectivity index (χ1n) is 5.53. The van der Waals surface area contributed by atoms with Crippen LogP contribution in [0.25, 0.3) is 0 Å². The molecule has 1 N–H and O–H groups in total. The van der Waals surface area contributed by atoms with Crippen molar-refractivity contribution in [2.45, 2.75) is 12.8 Å². The van der Waals surface area contributed by atoms with E-state index in [0.29, 0.717) is 11.5 Å². The van der Waals surface area contributed by atoms with Crippen molar-refractivity contribution in [3.63, 3.8) is 0 Å². The molecular formula is C11H14N4OS. The van der Waals surface area contributed by atoms with Gasteiger partial charge in [-0.15, -0.1) is 11.5 Å². The summed E-state index contributed by atoms with van der Waals surface area (Å²) in [5.41, 5.74) is 0. The average molecular weight is 250 g/mol. The van der Waals surface area contributed by atoms with E-state index in [2.05, 4.69) is 25.7 Å². The monoisotopic (exact) mass is 250 g/mol. The maximum absolute atomic E-state index is 11.9. The Morgan fingerprint density at radius 3 is 3.00 bits per heavy atom. The van der Waals surface area contributed by atoms with E-state index in [1.807, 2.05) is 0 Å². The Kier molecular flexibility index (Phi) is 4.07. The number of terminal acetylenes is 1. The molecule has 2 heterocycles. The topological polar surface area (TPSA) is 58.1 Å². The second kappa shape index (κ2) is 5.75. The van der Waals surface area contributed by atoms with Gasteiger partial charge in [0.1, 0.15) is 5.00 Å². The van der Waals surface area contributed by atoms with Crippen LogP contribution in [0.1, 0.15) is 12.8 Å². The van der Waals surface area contributed by atoms with Crippen LogP contribution < -0.4 is 5.32 Å². The first kappa shape index (κ1) is 12.0. The Morgan fingerprint density at radius 1 is 1.65 bits per heavy atom. The molecule has 2 rings (SSSR count). The Labute approximate surface area is 104 Å². The number of carbonyl (C=O) groups is 1. The highest BCUT2D eigenvalue weighted by atomic mass is 32.1. The highest BCUT2D eigenvalue weighted by molar-refractivity contribution is 7.10. The largest absolute Gasteiger partial charge is 0.315 e. The molecule has 0 atom stereocenters. The molecule has 1 amide bonds. The third-order valence-corrected chi connectivity index (χ3v) is 3.46. The predicted octanol–water partition coefficient (Wildman–Crippen LogP) is 0.822. The van der Waals surface area contributed by atoms with Crippen LogP contribution in [0.3, 0.4) is 0 Å². The van der Waals surface area contributed by atoms with Gasteiger partial charge in [-0.05, 0) is 25.9 Å². The van der Waals surface area contributed by atoms with Crippen molar-refractivity contribution in [1.82, 2.24) is 14.5 Å². The van der Waals surface area contributed by atoms with E-state index in [-0.39, 0.29) is 11.8 Å². The number of aromatic nitrogens is 2. The molecule has 1 aliphatic rings. The minimum absolute atomic E-state index is 0.0661. The molecule has 0 aliphatic carbocycles. The van der Waals surface area contributed by atoms with Gasteiger partial charge in [0.05, 0.1) is 12.7 Å². The molecular weight excluding hydrogens is 236 g/mol. The highest BCUT2D eigenvalue weighted by Crippen LogP contribution is 2.19.